The number of rotatable bonds is 4. The van der Waals surface area contributed by atoms with E-state index in [9.17, 15) is 14.4 Å². The summed E-state index contributed by atoms with van der Waals surface area (Å²) < 4.78 is 5.15. The molecule has 2 amide bonds. The molecule has 0 unspecified atom stereocenters. The second kappa shape index (κ2) is 7.91. The monoisotopic (exact) mass is 388 g/mol. The maximum Gasteiger partial charge on any atom is 0.417 e. The Morgan fingerprint density at radius 1 is 1.21 bits per heavy atom. The molecular formula is C21H28N2O5. The first-order chi connectivity index (χ1) is 13.2. The maximum absolute atomic E-state index is 13.2. The number of cyclic esters (lactones) is 1. The first-order valence-corrected chi connectivity index (χ1v) is 9.74. The number of hydrogen-bond acceptors (Lipinski definition) is 6. The number of ether oxygens (including phenoxy) is 1. The largest absolute Gasteiger partial charge is 0.447 e. The molecule has 152 valence electrons. The van der Waals surface area contributed by atoms with Crippen LogP contribution in [0, 0.1) is 11.3 Å². The van der Waals surface area contributed by atoms with Crippen molar-refractivity contribution < 1.29 is 24.0 Å². The predicted molar refractivity (Wildman–Crippen MR) is 102 cm³/mol. The number of amides is 2. The zero-order chi connectivity index (χ0) is 20.5. The summed E-state index contributed by atoms with van der Waals surface area (Å²) in [6, 6.07) is 8.18. The van der Waals surface area contributed by atoms with Crippen LogP contribution in [0.2, 0.25) is 0 Å². The van der Waals surface area contributed by atoms with Crippen molar-refractivity contribution >= 4 is 18.0 Å². The minimum absolute atomic E-state index is 0.207. The topological polar surface area (TPSA) is 76.2 Å². The number of hydrogen-bond donors (Lipinski definition) is 0. The van der Waals surface area contributed by atoms with Crippen molar-refractivity contribution in [1.29, 1.82) is 0 Å². The van der Waals surface area contributed by atoms with Crippen LogP contribution in [0.25, 0.3) is 0 Å². The van der Waals surface area contributed by atoms with E-state index in [2.05, 4.69) is 0 Å². The van der Waals surface area contributed by atoms with E-state index in [0.29, 0.717) is 12.1 Å². The fourth-order valence-electron chi connectivity index (χ4n) is 3.80. The van der Waals surface area contributed by atoms with Crippen LogP contribution < -0.4 is 0 Å². The molecule has 1 aromatic rings. The molecular weight excluding hydrogens is 360 g/mol. The van der Waals surface area contributed by atoms with E-state index < -0.39 is 18.0 Å². The van der Waals surface area contributed by atoms with Crippen molar-refractivity contribution in [1.82, 2.24) is 9.96 Å². The fourth-order valence-corrected chi connectivity index (χ4v) is 3.80. The number of carbonyl (C=O) groups excluding carboxylic acids is 3. The third-order valence-electron chi connectivity index (χ3n) is 5.53. The smallest absolute Gasteiger partial charge is 0.417 e. The number of nitrogens with zero attached hydrogens (tertiary/aromatic N) is 2. The van der Waals surface area contributed by atoms with Gasteiger partial charge < -0.3 is 9.57 Å². The van der Waals surface area contributed by atoms with Crippen LogP contribution in [0.3, 0.4) is 0 Å². The minimum Gasteiger partial charge on any atom is -0.447 e. The summed E-state index contributed by atoms with van der Waals surface area (Å²) in [5, 5.41) is 1.59. The van der Waals surface area contributed by atoms with Crippen LogP contribution in [0.5, 0.6) is 0 Å². The standard InChI is InChI=1S/C21H28N2O5/c1-14(18(24)23-17(21(2,3)4)13-27-20(23)26)16-11-8-12-22(16)28-19(25)15-9-6-5-7-10-15/h5-7,9-10,14,16-17H,8,11-13H2,1-4H3/t14-,16-,17+/m0/s1. The van der Waals surface area contributed by atoms with E-state index in [1.807, 2.05) is 26.8 Å². The van der Waals surface area contributed by atoms with Crippen molar-refractivity contribution in [2.24, 2.45) is 11.3 Å². The number of imide groups is 1. The average Bonchev–Trinajstić information content (AvgIpc) is 3.27. The Kier molecular flexibility index (Phi) is 5.74. The molecule has 2 saturated heterocycles. The molecule has 2 aliphatic rings. The SMILES string of the molecule is C[C@H](C(=O)N1C(=O)OC[C@@H]1C(C)(C)C)[C@@H]1CCCN1OC(=O)c1ccccc1. The summed E-state index contributed by atoms with van der Waals surface area (Å²) in [5.41, 5.74) is 0.180. The van der Waals surface area contributed by atoms with Crippen molar-refractivity contribution in [3.8, 4) is 0 Å². The Bertz CT molecular complexity index is 743. The molecule has 2 fully saturated rings. The van der Waals surface area contributed by atoms with Crippen LogP contribution in [-0.2, 0) is 14.4 Å². The first kappa shape index (κ1) is 20.3. The van der Waals surface area contributed by atoms with Gasteiger partial charge in [-0.05, 0) is 30.4 Å². The summed E-state index contributed by atoms with van der Waals surface area (Å²) in [6.07, 6.45) is 0.942. The van der Waals surface area contributed by atoms with Crippen molar-refractivity contribution in [2.45, 2.75) is 52.6 Å². The van der Waals surface area contributed by atoms with E-state index in [-0.39, 0.29) is 30.0 Å². The Hall–Kier alpha value is -2.41. The lowest BCUT2D eigenvalue weighted by molar-refractivity contribution is -0.151. The predicted octanol–water partition coefficient (Wildman–Crippen LogP) is 3.25. The van der Waals surface area contributed by atoms with E-state index in [0.717, 1.165) is 12.8 Å². The fraction of sp³-hybridized carbons (Fsp3) is 0.571. The molecule has 7 heteroatoms. The second-order valence-electron chi connectivity index (χ2n) is 8.55. The average molecular weight is 388 g/mol. The van der Waals surface area contributed by atoms with Crippen LogP contribution >= 0.6 is 0 Å². The van der Waals surface area contributed by atoms with Gasteiger partial charge in [-0.15, -0.1) is 5.06 Å². The Labute approximate surface area is 165 Å². The van der Waals surface area contributed by atoms with Gasteiger partial charge in [-0.1, -0.05) is 45.9 Å². The van der Waals surface area contributed by atoms with Crippen LogP contribution in [-0.4, -0.2) is 53.2 Å². The third-order valence-corrected chi connectivity index (χ3v) is 5.53. The highest BCUT2D eigenvalue weighted by atomic mass is 16.7. The van der Waals surface area contributed by atoms with E-state index in [1.54, 1.807) is 36.3 Å². The van der Waals surface area contributed by atoms with E-state index in [1.165, 1.54) is 4.90 Å². The molecule has 0 spiro atoms. The summed E-state index contributed by atoms with van der Waals surface area (Å²) >= 11 is 0. The van der Waals surface area contributed by atoms with Gasteiger partial charge in [0.05, 0.1) is 23.6 Å². The van der Waals surface area contributed by atoms with E-state index >= 15 is 0 Å². The number of hydroxylamine groups is 2. The van der Waals surface area contributed by atoms with Gasteiger partial charge in [-0.2, -0.15) is 0 Å². The van der Waals surface area contributed by atoms with Gasteiger partial charge in [-0.25, -0.2) is 14.5 Å². The first-order valence-electron chi connectivity index (χ1n) is 9.74. The quantitative estimate of drug-likeness (QED) is 0.788. The van der Waals surface area contributed by atoms with Gasteiger partial charge in [0.1, 0.15) is 6.61 Å². The Morgan fingerprint density at radius 3 is 2.54 bits per heavy atom. The normalized spacial score (nSPS) is 24.1. The molecule has 3 rings (SSSR count). The second-order valence-corrected chi connectivity index (χ2v) is 8.55. The van der Waals surface area contributed by atoms with Gasteiger partial charge in [0.15, 0.2) is 0 Å². The molecule has 1 aromatic carbocycles. The summed E-state index contributed by atoms with van der Waals surface area (Å²) in [6.45, 7) is 8.50. The Morgan fingerprint density at radius 2 is 1.89 bits per heavy atom. The highest BCUT2D eigenvalue weighted by Gasteiger charge is 2.47. The summed E-state index contributed by atoms with van der Waals surface area (Å²) in [7, 11) is 0. The summed E-state index contributed by atoms with van der Waals surface area (Å²) in [5.74, 6) is -1.23. The molecule has 0 N–H and O–H groups in total. The van der Waals surface area contributed by atoms with Crippen molar-refractivity contribution in [3.05, 3.63) is 35.9 Å². The molecule has 28 heavy (non-hydrogen) atoms. The van der Waals surface area contributed by atoms with Gasteiger partial charge in [0.25, 0.3) is 0 Å². The minimum atomic E-state index is -0.595. The molecule has 3 atom stereocenters. The number of benzene rings is 1. The summed E-state index contributed by atoms with van der Waals surface area (Å²) in [4.78, 5) is 44.6. The molecule has 7 nitrogen and oxygen atoms in total. The lowest BCUT2D eigenvalue weighted by Gasteiger charge is -2.34. The van der Waals surface area contributed by atoms with Gasteiger partial charge in [0, 0.05) is 6.54 Å². The van der Waals surface area contributed by atoms with Crippen LogP contribution in [0.15, 0.2) is 30.3 Å². The lowest BCUT2D eigenvalue weighted by Crippen LogP contribution is -2.51. The highest BCUT2D eigenvalue weighted by molar-refractivity contribution is 5.95. The molecule has 0 saturated carbocycles. The van der Waals surface area contributed by atoms with Crippen LogP contribution in [0.1, 0.15) is 50.9 Å². The lowest BCUT2D eigenvalue weighted by atomic mass is 9.86. The third kappa shape index (κ3) is 4.04. The zero-order valence-electron chi connectivity index (χ0n) is 16.9. The molecule has 0 aromatic heterocycles. The molecule has 0 bridgehead atoms. The maximum atomic E-state index is 13.2. The highest BCUT2D eigenvalue weighted by Crippen LogP contribution is 2.33. The molecule has 0 radical (unpaired) electrons. The molecule has 0 aliphatic carbocycles. The van der Waals surface area contributed by atoms with E-state index in [4.69, 9.17) is 9.57 Å². The molecule has 2 heterocycles. The van der Waals surface area contributed by atoms with Crippen molar-refractivity contribution in [3.63, 3.8) is 0 Å². The van der Waals surface area contributed by atoms with Crippen molar-refractivity contribution in [2.75, 3.05) is 13.2 Å². The van der Waals surface area contributed by atoms with Gasteiger partial charge in [-0.3, -0.25) is 4.79 Å². The zero-order valence-corrected chi connectivity index (χ0v) is 16.9. The van der Waals surface area contributed by atoms with Gasteiger partial charge in [0.2, 0.25) is 5.91 Å². The molecule has 2 aliphatic heterocycles. The Balaban J connectivity index is 1.71. The van der Waals surface area contributed by atoms with Crippen LogP contribution in [0.4, 0.5) is 4.79 Å². The number of carbonyl (C=O) groups is 3. The van der Waals surface area contributed by atoms with Gasteiger partial charge >= 0.3 is 12.1 Å².